The summed E-state index contributed by atoms with van der Waals surface area (Å²) in [5.41, 5.74) is 6.95. The zero-order chi connectivity index (χ0) is 29.0. The SMILES string of the molecule is CC.CC.CCCCN(CCC)c1cc(/C=N/Nc2ccc3ccccc3c2)nc(OCCc2ccccn2)c1. The number of aromatic nitrogens is 2. The first-order valence-electron chi connectivity index (χ1n) is 14.8. The van der Waals surface area contributed by atoms with Gasteiger partial charge in [0.1, 0.15) is 0 Å². The topological polar surface area (TPSA) is 62.6 Å². The van der Waals surface area contributed by atoms with E-state index in [1.54, 1.807) is 6.21 Å². The molecule has 214 valence electrons. The van der Waals surface area contributed by atoms with E-state index in [-0.39, 0.29) is 0 Å². The Labute approximate surface area is 241 Å². The van der Waals surface area contributed by atoms with Crippen LogP contribution in [0.25, 0.3) is 10.8 Å². The molecule has 0 spiro atoms. The van der Waals surface area contributed by atoms with Gasteiger partial charge in [0.2, 0.25) is 5.88 Å². The van der Waals surface area contributed by atoms with E-state index in [1.807, 2.05) is 76.4 Å². The van der Waals surface area contributed by atoms with E-state index >= 15 is 0 Å². The van der Waals surface area contributed by atoms with Crippen molar-refractivity contribution in [3.05, 3.63) is 90.4 Å². The molecule has 1 N–H and O–H groups in total. The molecule has 4 rings (SSSR count). The average Bonchev–Trinajstić information content (AvgIpc) is 3.01. The normalized spacial score (nSPS) is 10.3. The molecular formula is C34H47N5O. The molecule has 0 bridgehead atoms. The van der Waals surface area contributed by atoms with Crippen LogP contribution in [0, 0.1) is 0 Å². The zero-order valence-electron chi connectivity index (χ0n) is 25.2. The van der Waals surface area contributed by atoms with Crippen molar-refractivity contribution in [1.82, 2.24) is 9.97 Å². The van der Waals surface area contributed by atoms with Gasteiger partial charge in [-0.05, 0) is 53.9 Å². The molecule has 0 unspecified atom stereocenters. The van der Waals surface area contributed by atoms with Crippen LogP contribution in [-0.4, -0.2) is 35.9 Å². The summed E-state index contributed by atoms with van der Waals surface area (Å²) in [6, 6.07) is 24.6. The first-order chi connectivity index (χ1) is 19.7. The molecule has 0 atom stereocenters. The number of fused-ring (bicyclic) bond motifs is 1. The van der Waals surface area contributed by atoms with E-state index in [4.69, 9.17) is 9.72 Å². The predicted octanol–water partition coefficient (Wildman–Crippen LogP) is 8.77. The summed E-state index contributed by atoms with van der Waals surface area (Å²) in [5, 5.41) is 6.85. The van der Waals surface area contributed by atoms with Crippen molar-refractivity contribution < 1.29 is 4.74 Å². The standard InChI is InChI=1S/C30H35N5O.2C2H6/c1-3-5-18-35(17-4-2)29-21-28(33-30(22-29)36-19-15-26-12-8-9-16-31-26)23-32-34-27-14-13-24-10-6-7-11-25(24)20-27;2*1-2/h6-14,16,20-23,34H,3-5,15,17-19H2,1-2H3;2*1-2H3/b32-23+;;. The largest absolute Gasteiger partial charge is 0.477 e. The number of hydrazone groups is 1. The fourth-order valence-electron chi connectivity index (χ4n) is 4.06. The van der Waals surface area contributed by atoms with Crippen LogP contribution in [0.4, 0.5) is 11.4 Å². The molecule has 4 aromatic rings. The lowest BCUT2D eigenvalue weighted by Gasteiger charge is -2.25. The smallest absolute Gasteiger partial charge is 0.215 e. The maximum atomic E-state index is 6.08. The summed E-state index contributed by atoms with van der Waals surface area (Å²) < 4.78 is 6.08. The van der Waals surface area contributed by atoms with Crippen LogP contribution < -0.4 is 15.1 Å². The van der Waals surface area contributed by atoms with E-state index < -0.39 is 0 Å². The highest BCUT2D eigenvalue weighted by molar-refractivity contribution is 5.86. The summed E-state index contributed by atoms with van der Waals surface area (Å²) in [7, 11) is 0. The first kappa shape index (κ1) is 32.3. The minimum Gasteiger partial charge on any atom is -0.477 e. The van der Waals surface area contributed by atoms with Gasteiger partial charge in [-0.25, -0.2) is 4.98 Å². The maximum absolute atomic E-state index is 6.08. The molecule has 6 heteroatoms. The molecule has 0 aliphatic heterocycles. The Bertz CT molecular complexity index is 1260. The number of hydrogen-bond acceptors (Lipinski definition) is 6. The van der Waals surface area contributed by atoms with Crippen LogP contribution in [0.1, 0.15) is 72.2 Å². The second-order valence-corrected chi connectivity index (χ2v) is 8.78. The first-order valence-corrected chi connectivity index (χ1v) is 14.8. The number of nitrogens with zero attached hydrogens (tertiary/aromatic N) is 4. The fraction of sp³-hybridized carbons (Fsp3) is 0.382. The lowest BCUT2D eigenvalue weighted by atomic mass is 10.1. The third-order valence-electron chi connectivity index (χ3n) is 5.92. The molecule has 0 radical (unpaired) electrons. The Kier molecular flexibility index (Phi) is 15.5. The summed E-state index contributed by atoms with van der Waals surface area (Å²) in [4.78, 5) is 11.5. The number of pyridine rings is 2. The molecule has 2 aromatic heterocycles. The maximum Gasteiger partial charge on any atom is 0.215 e. The van der Waals surface area contributed by atoms with Crippen molar-refractivity contribution in [1.29, 1.82) is 0 Å². The summed E-state index contributed by atoms with van der Waals surface area (Å²) in [5.74, 6) is 0.605. The van der Waals surface area contributed by atoms with Crippen LogP contribution in [0.15, 0.2) is 84.1 Å². The van der Waals surface area contributed by atoms with E-state index in [1.165, 1.54) is 10.8 Å². The van der Waals surface area contributed by atoms with Gasteiger partial charge in [-0.15, -0.1) is 0 Å². The molecule has 0 saturated heterocycles. The van der Waals surface area contributed by atoms with E-state index in [9.17, 15) is 0 Å². The minimum absolute atomic E-state index is 0.516. The molecule has 6 nitrogen and oxygen atoms in total. The van der Waals surface area contributed by atoms with Gasteiger partial charge in [-0.3, -0.25) is 10.4 Å². The highest BCUT2D eigenvalue weighted by atomic mass is 16.5. The summed E-state index contributed by atoms with van der Waals surface area (Å²) >= 11 is 0. The van der Waals surface area contributed by atoms with Gasteiger partial charge in [0.15, 0.2) is 0 Å². The third kappa shape index (κ3) is 10.7. The number of unbranched alkanes of at least 4 members (excludes halogenated alkanes) is 1. The van der Waals surface area contributed by atoms with Crippen LogP contribution in [0.3, 0.4) is 0 Å². The molecule has 0 saturated carbocycles. The van der Waals surface area contributed by atoms with Gasteiger partial charge in [0.05, 0.1) is 24.2 Å². The van der Waals surface area contributed by atoms with Crippen molar-refractivity contribution in [2.75, 3.05) is 30.0 Å². The second-order valence-electron chi connectivity index (χ2n) is 8.78. The van der Waals surface area contributed by atoms with E-state index in [0.29, 0.717) is 12.5 Å². The summed E-state index contributed by atoms with van der Waals surface area (Å²) in [6.45, 7) is 14.9. The van der Waals surface area contributed by atoms with Crippen LogP contribution >= 0.6 is 0 Å². The Morgan fingerprint density at radius 1 is 0.850 bits per heavy atom. The van der Waals surface area contributed by atoms with Crippen molar-refractivity contribution in [2.24, 2.45) is 5.10 Å². The number of rotatable bonds is 13. The Hall–Kier alpha value is -3.93. The Morgan fingerprint density at radius 3 is 2.35 bits per heavy atom. The molecule has 2 heterocycles. The highest BCUT2D eigenvalue weighted by Crippen LogP contribution is 2.23. The highest BCUT2D eigenvalue weighted by Gasteiger charge is 2.10. The molecule has 0 fully saturated rings. The Morgan fingerprint density at radius 2 is 1.62 bits per heavy atom. The number of anilines is 2. The molecule has 0 aliphatic carbocycles. The number of benzene rings is 2. The van der Waals surface area contributed by atoms with Crippen molar-refractivity contribution >= 4 is 28.4 Å². The Balaban J connectivity index is 0.00000134. The zero-order valence-corrected chi connectivity index (χ0v) is 25.2. The van der Waals surface area contributed by atoms with Crippen molar-refractivity contribution in [3.8, 4) is 5.88 Å². The lowest BCUT2D eigenvalue weighted by molar-refractivity contribution is 0.308. The van der Waals surface area contributed by atoms with Crippen LogP contribution in [-0.2, 0) is 6.42 Å². The quantitative estimate of drug-likeness (QED) is 0.135. The molecule has 0 aliphatic rings. The van der Waals surface area contributed by atoms with Gasteiger partial charge in [-0.1, -0.05) is 84.4 Å². The third-order valence-corrected chi connectivity index (χ3v) is 5.92. The minimum atomic E-state index is 0.516. The van der Waals surface area contributed by atoms with Gasteiger partial charge in [0.25, 0.3) is 0 Å². The lowest BCUT2D eigenvalue weighted by Crippen LogP contribution is -2.25. The van der Waals surface area contributed by atoms with Crippen molar-refractivity contribution in [3.63, 3.8) is 0 Å². The fourth-order valence-corrected chi connectivity index (χ4v) is 4.06. The van der Waals surface area contributed by atoms with Gasteiger partial charge >= 0.3 is 0 Å². The summed E-state index contributed by atoms with van der Waals surface area (Å²) in [6.07, 6.45) is 7.67. The molecule has 0 amide bonds. The van der Waals surface area contributed by atoms with E-state index in [2.05, 4.69) is 64.6 Å². The monoisotopic (exact) mass is 541 g/mol. The van der Waals surface area contributed by atoms with Gasteiger partial charge < -0.3 is 9.64 Å². The van der Waals surface area contributed by atoms with Crippen LogP contribution in [0.5, 0.6) is 5.88 Å². The van der Waals surface area contributed by atoms with Crippen LogP contribution in [0.2, 0.25) is 0 Å². The second kappa shape index (κ2) is 19.2. The number of hydrogen-bond donors (Lipinski definition) is 1. The molecule has 2 aromatic carbocycles. The van der Waals surface area contributed by atoms with Gasteiger partial charge in [-0.2, -0.15) is 5.10 Å². The van der Waals surface area contributed by atoms with E-state index in [0.717, 1.165) is 61.5 Å². The molecular weight excluding hydrogens is 494 g/mol. The molecule has 40 heavy (non-hydrogen) atoms. The van der Waals surface area contributed by atoms with Gasteiger partial charge in [0, 0.05) is 43.2 Å². The average molecular weight is 542 g/mol. The number of ether oxygens (including phenoxy) is 1. The number of nitrogens with one attached hydrogen (secondary N) is 1. The van der Waals surface area contributed by atoms with Crippen molar-refractivity contribution in [2.45, 2.75) is 67.2 Å². The predicted molar refractivity (Wildman–Crippen MR) is 173 cm³/mol.